The van der Waals surface area contributed by atoms with Crippen LogP contribution in [0.5, 0.6) is 0 Å². The van der Waals surface area contributed by atoms with Gasteiger partial charge in [-0.3, -0.25) is 4.79 Å². The van der Waals surface area contributed by atoms with E-state index in [9.17, 15) is 18.9 Å². The van der Waals surface area contributed by atoms with Gasteiger partial charge in [0.15, 0.2) is 0 Å². The van der Waals surface area contributed by atoms with Crippen LogP contribution in [-0.2, 0) is 15.8 Å². The normalized spacial score (nSPS) is 20.4. The number of carboxylic acid groups (broad SMARTS) is 1. The molecule has 0 bridgehead atoms. The maximum atomic E-state index is 13.7. The Kier molecular flexibility index (Phi) is 7.52. The van der Waals surface area contributed by atoms with Crippen molar-refractivity contribution in [1.29, 1.82) is 0 Å². The molecule has 1 amide bonds. The number of nitrogens with zero attached hydrogens (tertiary/aromatic N) is 3. The SMILES string of the molecule is O=C(O)c1sc(-c2ccccc2)cc1N1C(=O)CN(S(=O)c2ccc(Cl)nc2)C[C@H]1C1CCCCC1. The molecule has 2 aliphatic rings. The van der Waals surface area contributed by atoms with Crippen molar-refractivity contribution >= 4 is 51.5 Å². The zero-order valence-corrected chi connectivity index (χ0v) is 21.9. The van der Waals surface area contributed by atoms with E-state index < -0.39 is 17.0 Å². The van der Waals surface area contributed by atoms with Gasteiger partial charge in [-0.15, -0.1) is 11.3 Å². The summed E-state index contributed by atoms with van der Waals surface area (Å²) in [6.45, 7) is 0.315. The highest BCUT2D eigenvalue weighted by Gasteiger charge is 2.42. The lowest BCUT2D eigenvalue weighted by molar-refractivity contribution is -0.121. The van der Waals surface area contributed by atoms with Crippen LogP contribution < -0.4 is 4.90 Å². The molecule has 2 aromatic heterocycles. The number of benzene rings is 1. The summed E-state index contributed by atoms with van der Waals surface area (Å²) in [6, 6.07) is 14.4. The van der Waals surface area contributed by atoms with Crippen molar-refractivity contribution in [2.24, 2.45) is 5.92 Å². The van der Waals surface area contributed by atoms with Crippen molar-refractivity contribution in [3.63, 3.8) is 0 Å². The van der Waals surface area contributed by atoms with Crippen LogP contribution in [0, 0.1) is 5.92 Å². The van der Waals surface area contributed by atoms with Crippen molar-refractivity contribution in [1.82, 2.24) is 9.29 Å². The number of hydrogen-bond acceptors (Lipinski definition) is 5. The summed E-state index contributed by atoms with van der Waals surface area (Å²) in [4.78, 5) is 33.1. The summed E-state index contributed by atoms with van der Waals surface area (Å²) < 4.78 is 15.1. The molecule has 188 valence electrons. The topological polar surface area (TPSA) is 90.8 Å². The number of carbonyl (C=O) groups is 2. The van der Waals surface area contributed by atoms with Crippen LogP contribution in [0.4, 0.5) is 5.69 Å². The van der Waals surface area contributed by atoms with E-state index in [2.05, 4.69) is 4.98 Å². The first-order valence-electron chi connectivity index (χ1n) is 12.0. The third-order valence-electron chi connectivity index (χ3n) is 6.86. The van der Waals surface area contributed by atoms with Gasteiger partial charge in [0.05, 0.1) is 23.2 Å². The zero-order valence-electron chi connectivity index (χ0n) is 19.5. The van der Waals surface area contributed by atoms with Crippen LogP contribution in [0.15, 0.2) is 59.6 Å². The van der Waals surface area contributed by atoms with E-state index in [1.807, 2.05) is 36.4 Å². The van der Waals surface area contributed by atoms with Gasteiger partial charge in [-0.1, -0.05) is 61.2 Å². The third-order valence-corrected chi connectivity index (χ3v) is 9.63. The van der Waals surface area contributed by atoms with Crippen molar-refractivity contribution in [2.45, 2.75) is 43.0 Å². The third kappa shape index (κ3) is 5.11. The Bertz CT molecular complexity index is 1280. The fourth-order valence-corrected chi connectivity index (χ4v) is 7.40. The molecule has 1 aliphatic heterocycles. The number of carboxylic acids is 1. The molecule has 1 N–H and O–H groups in total. The molecule has 1 aromatic carbocycles. The van der Waals surface area contributed by atoms with E-state index in [1.54, 1.807) is 21.3 Å². The van der Waals surface area contributed by atoms with Gasteiger partial charge in [-0.2, -0.15) is 0 Å². The fraction of sp³-hybridized carbons (Fsp3) is 0.346. The average molecular weight is 544 g/mol. The first kappa shape index (κ1) is 25.1. The number of thiophene rings is 1. The van der Waals surface area contributed by atoms with Gasteiger partial charge in [0.1, 0.15) is 21.0 Å². The number of piperazine rings is 1. The van der Waals surface area contributed by atoms with Gasteiger partial charge in [0, 0.05) is 17.6 Å². The average Bonchev–Trinajstić information content (AvgIpc) is 3.35. The van der Waals surface area contributed by atoms with Crippen LogP contribution in [0.1, 0.15) is 41.8 Å². The van der Waals surface area contributed by atoms with E-state index in [1.165, 1.54) is 17.5 Å². The minimum absolute atomic E-state index is 0.0754. The Labute approximate surface area is 221 Å². The van der Waals surface area contributed by atoms with Gasteiger partial charge < -0.3 is 10.0 Å². The summed E-state index contributed by atoms with van der Waals surface area (Å²) in [6.07, 6.45) is 6.67. The minimum atomic E-state index is -1.58. The summed E-state index contributed by atoms with van der Waals surface area (Å²) in [5.74, 6) is -1.09. The van der Waals surface area contributed by atoms with Crippen LogP contribution in [-0.4, -0.2) is 49.6 Å². The molecule has 1 aliphatic carbocycles. The highest BCUT2D eigenvalue weighted by molar-refractivity contribution is 7.82. The van der Waals surface area contributed by atoms with Crippen molar-refractivity contribution in [2.75, 3.05) is 18.0 Å². The summed E-state index contributed by atoms with van der Waals surface area (Å²) in [5, 5.41) is 10.4. The van der Waals surface area contributed by atoms with Gasteiger partial charge in [-0.05, 0) is 42.5 Å². The monoisotopic (exact) mass is 543 g/mol. The quantitative estimate of drug-likeness (QED) is 0.416. The van der Waals surface area contributed by atoms with E-state index in [-0.39, 0.29) is 29.3 Å². The smallest absolute Gasteiger partial charge is 0.348 e. The molecule has 1 unspecified atom stereocenters. The number of carbonyl (C=O) groups excluding carboxylic acids is 1. The molecule has 3 heterocycles. The van der Waals surface area contributed by atoms with Gasteiger partial charge in [0.25, 0.3) is 0 Å². The standard InChI is InChI=1S/C26H26ClN3O4S2/c27-23-12-11-19(14-28-23)36(34)29-15-21(17-7-3-1-4-8-17)30(24(31)16-29)20-13-22(35-25(20)26(32)33)18-9-5-2-6-10-18/h2,5-6,9-14,17,21H,1,3-4,7-8,15-16H2,(H,32,33)/t21-,36?/m0/s1. The van der Waals surface area contributed by atoms with E-state index >= 15 is 0 Å². The Balaban J connectivity index is 1.52. The van der Waals surface area contributed by atoms with Crippen molar-refractivity contribution in [3.05, 3.63) is 64.8 Å². The lowest BCUT2D eigenvalue weighted by Crippen LogP contribution is -2.59. The number of rotatable bonds is 6. The molecule has 5 rings (SSSR count). The number of pyridine rings is 1. The Hall–Kier alpha value is -2.59. The maximum Gasteiger partial charge on any atom is 0.348 e. The number of amides is 1. The molecule has 7 nitrogen and oxygen atoms in total. The number of aromatic nitrogens is 1. The minimum Gasteiger partial charge on any atom is -0.477 e. The molecule has 1 saturated carbocycles. The van der Waals surface area contributed by atoms with Crippen LogP contribution in [0.2, 0.25) is 5.15 Å². The van der Waals surface area contributed by atoms with Gasteiger partial charge in [0.2, 0.25) is 5.91 Å². The van der Waals surface area contributed by atoms with E-state index in [0.717, 1.165) is 42.5 Å². The highest BCUT2D eigenvalue weighted by atomic mass is 35.5. The predicted molar refractivity (Wildman–Crippen MR) is 142 cm³/mol. The van der Waals surface area contributed by atoms with Gasteiger partial charge >= 0.3 is 5.97 Å². The highest BCUT2D eigenvalue weighted by Crippen LogP contribution is 2.41. The number of anilines is 1. The molecule has 2 atom stereocenters. The second kappa shape index (κ2) is 10.8. The van der Waals surface area contributed by atoms with Crippen LogP contribution in [0.25, 0.3) is 10.4 Å². The first-order chi connectivity index (χ1) is 17.4. The summed E-state index contributed by atoms with van der Waals surface area (Å²) in [7, 11) is -1.58. The summed E-state index contributed by atoms with van der Waals surface area (Å²) in [5.41, 5.74) is 1.35. The molecule has 2 fully saturated rings. The number of aromatic carboxylic acids is 1. The van der Waals surface area contributed by atoms with E-state index in [0.29, 0.717) is 22.3 Å². The second-order valence-electron chi connectivity index (χ2n) is 9.11. The zero-order chi connectivity index (χ0) is 25.2. The molecule has 10 heteroatoms. The second-order valence-corrected chi connectivity index (χ2v) is 12.0. The fourth-order valence-electron chi connectivity index (χ4n) is 5.16. The number of hydrogen-bond donors (Lipinski definition) is 1. The molecule has 0 spiro atoms. The van der Waals surface area contributed by atoms with Crippen molar-refractivity contribution in [3.8, 4) is 10.4 Å². The lowest BCUT2D eigenvalue weighted by atomic mass is 9.82. The van der Waals surface area contributed by atoms with E-state index in [4.69, 9.17) is 11.6 Å². The Morgan fingerprint density at radius 2 is 1.86 bits per heavy atom. The Morgan fingerprint density at radius 1 is 1.11 bits per heavy atom. The molecule has 36 heavy (non-hydrogen) atoms. The molecule has 0 radical (unpaired) electrons. The molecule has 1 saturated heterocycles. The van der Waals surface area contributed by atoms with Gasteiger partial charge in [-0.25, -0.2) is 18.3 Å². The first-order valence-corrected chi connectivity index (χ1v) is 14.3. The Morgan fingerprint density at radius 3 is 2.53 bits per heavy atom. The summed E-state index contributed by atoms with van der Waals surface area (Å²) >= 11 is 7.07. The predicted octanol–water partition coefficient (Wildman–Crippen LogP) is 5.48. The molecular formula is C26H26ClN3O4S2. The largest absolute Gasteiger partial charge is 0.477 e. The lowest BCUT2D eigenvalue weighted by Gasteiger charge is -2.44. The molecular weight excluding hydrogens is 518 g/mol. The maximum absolute atomic E-state index is 13.7. The van der Waals surface area contributed by atoms with Crippen molar-refractivity contribution < 1.29 is 18.9 Å². The number of halogens is 1. The molecule has 3 aromatic rings. The van der Waals surface area contributed by atoms with Crippen LogP contribution in [0.3, 0.4) is 0 Å². The van der Waals surface area contributed by atoms with Crippen LogP contribution >= 0.6 is 22.9 Å².